The highest BCUT2D eigenvalue weighted by atomic mass is 16.6. The summed E-state index contributed by atoms with van der Waals surface area (Å²) in [4.78, 5) is 13.5. The third-order valence-electron chi connectivity index (χ3n) is 2.40. The van der Waals surface area contributed by atoms with Crippen molar-refractivity contribution in [2.75, 3.05) is 19.6 Å². The van der Waals surface area contributed by atoms with Crippen LogP contribution in [-0.2, 0) is 4.74 Å². The van der Waals surface area contributed by atoms with Crippen LogP contribution in [0.1, 0.15) is 34.1 Å². The molecule has 1 fully saturated rings. The van der Waals surface area contributed by atoms with Gasteiger partial charge in [-0.05, 0) is 33.7 Å². The maximum atomic E-state index is 11.7. The smallest absolute Gasteiger partial charge is 0.410 e. The first kappa shape index (κ1) is 12.3. The molecule has 4 heteroatoms. The Morgan fingerprint density at radius 3 is 2.60 bits per heavy atom. The summed E-state index contributed by atoms with van der Waals surface area (Å²) in [5.74, 6) is 0. The second-order valence-corrected chi connectivity index (χ2v) is 4.92. The molecule has 1 N–H and O–H groups in total. The van der Waals surface area contributed by atoms with Crippen molar-refractivity contribution >= 4 is 6.09 Å². The molecule has 15 heavy (non-hydrogen) atoms. The monoisotopic (exact) mass is 214 g/mol. The fourth-order valence-electron chi connectivity index (χ4n) is 1.52. The lowest BCUT2D eigenvalue weighted by atomic mass is 10.0. The zero-order chi connectivity index (χ0) is 11.5. The van der Waals surface area contributed by atoms with Gasteiger partial charge in [0.2, 0.25) is 0 Å². The van der Waals surface area contributed by atoms with Crippen molar-refractivity contribution < 1.29 is 9.53 Å². The predicted molar refractivity (Wildman–Crippen MR) is 59.9 cm³/mol. The van der Waals surface area contributed by atoms with Gasteiger partial charge in [0, 0.05) is 19.1 Å². The van der Waals surface area contributed by atoms with Gasteiger partial charge in [0.15, 0.2) is 0 Å². The van der Waals surface area contributed by atoms with Gasteiger partial charge >= 0.3 is 6.09 Å². The number of likely N-dealkylation sites (tertiary alicyclic amines) is 1. The van der Waals surface area contributed by atoms with Gasteiger partial charge in [-0.3, -0.25) is 0 Å². The van der Waals surface area contributed by atoms with Crippen molar-refractivity contribution in [2.24, 2.45) is 0 Å². The van der Waals surface area contributed by atoms with Crippen molar-refractivity contribution in [3.05, 3.63) is 0 Å². The standard InChI is InChI=1S/C11H22N2O2/c1-5-12-8-9-6-7-13(9)10(14)15-11(2,3)4/h9,12H,5-8H2,1-4H3. The maximum Gasteiger partial charge on any atom is 0.410 e. The number of nitrogens with one attached hydrogen (secondary N) is 1. The average molecular weight is 214 g/mol. The molecular weight excluding hydrogens is 192 g/mol. The van der Waals surface area contributed by atoms with Crippen LogP contribution in [0.15, 0.2) is 0 Å². The van der Waals surface area contributed by atoms with Crippen molar-refractivity contribution in [1.82, 2.24) is 10.2 Å². The molecule has 0 aromatic rings. The molecule has 0 aromatic carbocycles. The van der Waals surface area contributed by atoms with Crippen molar-refractivity contribution in [3.8, 4) is 0 Å². The molecule has 0 aliphatic carbocycles. The van der Waals surface area contributed by atoms with E-state index in [2.05, 4.69) is 12.2 Å². The van der Waals surface area contributed by atoms with E-state index in [4.69, 9.17) is 4.74 Å². The van der Waals surface area contributed by atoms with Crippen LogP contribution in [0.2, 0.25) is 0 Å². The maximum absolute atomic E-state index is 11.7. The van der Waals surface area contributed by atoms with E-state index in [1.807, 2.05) is 20.8 Å². The summed E-state index contributed by atoms with van der Waals surface area (Å²) in [6, 6.07) is 0.319. The first-order valence-electron chi connectivity index (χ1n) is 5.64. The molecule has 1 saturated heterocycles. The molecule has 1 aliphatic rings. The van der Waals surface area contributed by atoms with E-state index < -0.39 is 5.60 Å². The molecule has 88 valence electrons. The molecular formula is C11H22N2O2. The second kappa shape index (κ2) is 4.84. The largest absolute Gasteiger partial charge is 0.444 e. The number of likely N-dealkylation sites (N-methyl/N-ethyl adjacent to an activating group) is 1. The summed E-state index contributed by atoms with van der Waals surface area (Å²) in [5.41, 5.74) is -0.393. The molecule has 1 amide bonds. The summed E-state index contributed by atoms with van der Waals surface area (Å²) >= 11 is 0. The molecule has 0 spiro atoms. The van der Waals surface area contributed by atoms with Crippen LogP contribution in [0.25, 0.3) is 0 Å². The van der Waals surface area contributed by atoms with Crippen LogP contribution in [0.4, 0.5) is 4.79 Å². The molecule has 0 saturated carbocycles. The number of ether oxygens (including phenoxy) is 1. The molecule has 4 nitrogen and oxygen atoms in total. The number of rotatable bonds is 3. The number of hydrogen-bond donors (Lipinski definition) is 1. The predicted octanol–water partition coefficient (Wildman–Crippen LogP) is 1.61. The average Bonchev–Trinajstić information content (AvgIpc) is 1.98. The van der Waals surface area contributed by atoms with Crippen LogP contribution < -0.4 is 5.32 Å². The Morgan fingerprint density at radius 2 is 2.20 bits per heavy atom. The molecule has 1 atom stereocenters. The molecule has 1 rings (SSSR count). The van der Waals surface area contributed by atoms with Gasteiger partial charge in [0.25, 0.3) is 0 Å². The molecule has 0 aromatic heterocycles. The fraction of sp³-hybridized carbons (Fsp3) is 0.909. The van der Waals surface area contributed by atoms with E-state index in [9.17, 15) is 4.79 Å². The quantitative estimate of drug-likeness (QED) is 0.776. The SMILES string of the molecule is CCNCC1CCN1C(=O)OC(C)(C)C. The zero-order valence-corrected chi connectivity index (χ0v) is 10.2. The van der Waals surface area contributed by atoms with Crippen LogP contribution >= 0.6 is 0 Å². The molecule has 1 unspecified atom stereocenters. The first-order chi connectivity index (χ1) is 6.94. The minimum Gasteiger partial charge on any atom is -0.444 e. The number of hydrogen-bond acceptors (Lipinski definition) is 3. The van der Waals surface area contributed by atoms with Crippen molar-refractivity contribution in [3.63, 3.8) is 0 Å². The van der Waals surface area contributed by atoms with Gasteiger partial charge in [-0.1, -0.05) is 6.92 Å². The third-order valence-corrected chi connectivity index (χ3v) is 2.40. The van der Waals surface area contributed by atoms with Crippen LogP contribution in [0, 0.1) is 0 Å². The zero-order valence-electron chi connectivity index (χ0n) is 10.2. The number of carbonyl (C=O) groups excluding carboxylic acids is 1. The Kier molecular flexibility index (Phi) is 3.97. The normalized spacial score (nSPS) is 21.1. The summed E-state index contributed by atoms with van der Waals surface area (Å²) < 4.78 is 5.31. The Hall–Kier alpha value is -0.770. The second-order valence-electron chi connectivity index (χ2n) is 4.92. The first-order valence-corrected chi connectivity index (χ1v) is 5.64. The van der Waals surface area contributed by atoms with Gasteiger partial charge in [0.1, 0.15) is 5.60 Å². The van der Waals surface area contributed by atoms with Gasteiger partial charge in [-0.15, -0.1) is 0 Å². The number of amides is 1. The highest BCUT2D eigenvalue weighted by Gasteiger charge is 2.34. The Bertz CT molecular complexity index is 223. The summed E-state index contributed by atoms with van der Waals surface area (Å²) in [6.45, 7) is 10.4. The Labute approximate surface area is 92.0 Å². The Morgan fingerprint density at radius 1 is 1.53 bits per heavy atom. The highest BCUT2D eigenvalue weighted by Crippen LogP contribution is 2.20. The van der Waals surface area contributed by atoms with Gasteiger partial charge in [-0.25, -0.2) is 4.79 Å². The van der Waals surface area contributed by atoms with Crippen molar-refractivity contribution in [2.45, 2.75) is 45.8 Å². The van der Waals surface area contributed by atoms with Crippen LogP contribution in [0.5, 0.6) is 0 Å². The molecule has 0 radical (unpaired) electrons. The molecule has 0 bridgehead atoms. The van der Waals surface area contributed by atoms with Gasteiger partial charge in [0.05, 0.1) is 0 Å². The van der Waals surface area contributed by atoms with Gasteiger partial charge in [-0.2, -0.15) is 0 Å². The summed E-state index contributed by atoms with van der Waals surface area (Å²) in [5, 5.41) is 3.25. The van der Waals surface area contributed by atoms with E-state index >= 15 is 0 Å². The third kappa shape index (κ3) is 3.70. The number of nitrogens with zero attached hydrogens (tertiary/aromatic N) is 1. The highest BCUT2D eigenvalue weighted by molar-refractivity contribution is 5.69. The van der Waals surface area contributed by atoms with Gasteiger partial charge < -0.3 is 15.0 Å². The van der Waals surface area contributed by atoms with E-state index in [0.717, 1.165) is 26.1 Å². The number of carbonyl (C=O) groups is 1. The molecule has 1 aliphatic heterocycles. The topological polar surface area (TPSA) is 41.6 Å². The van der Waals surface area contributed by atoms with Crippen LogP contribution in [0.3, 0.4) is 0 Å². The summed E-state index contributed by atoms with van der Waals surface area (Å²) in [6.07, 6.45) is 0.892. The van der Waals surface area contributed by atoms with E-state index in [0.29, 0.717) is 6.04 Å². The summed E-state index contributed by atoms with van der Waals surface area (Å²) in [7, 11) is 0. The van der Waals surface area contributed by atoms with Crippen molar-refractivity contribution in [1.29, 1.82) is 0 Å². The minimum absolute atomic E-state index is 0.184. The van der Waals surface area contributed by atoms with E-state index in [-0.39, 0.29) is 6.09 Å². The fourth-order valence-corrected chi connectivity index (χ4v) is 1.52. The van der Waals surface area contributed by atoms with Crippen LogP contribution in [-0.4, -0.2) is 42.3 Å². The lowest BCUT2D eigenvalue weighted by Crippen LogP contribution is -2.56. The van der Waals surface area contributed by atoms with E-state index in [1.165, 1.54) is 0 Å². The van der Waals surface area contributed by atoms with E-state index in [1.54, 1.807) is 4.90 Å². The molecule has 1 heterocycles. The lowest BCUT2D eigenvalue weighted by molar-refractivity contribution is -0.00481. The minimum atomic E-state index is -0.393. The Balaban J connectivity index is 2.34. The lowest BCUT2D eigenvalue weighted by Gasteiger charge is -2.41.